The Morgan fingerprint density at radius 2 is 1.92 bits per heavy atom. The lowest BCUT2D eigenvalue weighted by Crippen LogP contribution is -2.62. The summed E-state index contributed by atoms with van der Waals surface area (Å²) in [5.74, 6) is -0.187. The van der Waals surface area contributed by atoms with Crippen LogP contribution >= 0.6 is 11.8 Å². The quantitative estimate of drug-likeness (QED) is 0.787. The van der Waals surface area contributed by atoms with E-state index >= 15 is 0 Å². The molecule has 0 radical (unpaired) electrons. The molecule has 1 aromatic heterocycles. The van der Waals surface area contributed by atoms with E-state index in [-0.39, 0.29) is 17.9 Å². The summed E-state index contributed by atoms with van der Waals surface area (Å²) in [6.07, 6.45) is 4.69. The van der Waals surface area contributed by atoms with Crippen LogP contribution in [0.5, 0.6) is 0 Å². The number of pyridine rings is 1. The maximum Gasteiger partial charge on any atom is 0.319 e. The van der Waals surface area contributed by atoms with Gasteiger partial charge in [0, 0.05) is 52.4 Å². The van der Waals surface area contributed by atoms with E-state index in [1.807, 2.05) is 6.26 Å². The summed E-state index contributed by atoms with van der Waals surface area (Å²) in [6.45, 7) is 2.00. The zero-order valence-corrected chi connectivity index (χ0v) is 16.3. The number of rotatable bonds is 2. The highest BCUT2D eigenvalue weighted by Gasteiger charge is 2.47. The molecular formula is C18H26N4O3S. The van der Waals surface area contributed by atoms with Crippen LogP contribution < -0.4 is 0 Å². The Morgan fingerprint density at radius 1 is 1.27 bits per heavy atom. The fourth-order valence-corrected chi connectivity index (χ4v) is 4.37. The SMILES string of the molecule is CSc1ncccc1C(=O)N1CCC2(O)CCN(C(=O)N(C)C)CC2C1. The summed E-state index contributed by atoms with van der Waals surface area (Å²) in [5.41, 5.74) is -0.195. The molecule has 3 amide bonds. The molecular weight excluding hydrogens is 352 g/mol. The van der Waals surface area contributed by atoms with Crippen molar-refractivity contribution in [3.63, 3.8) is 0 Å². The van der Waals surface area contributed by atoms with Crippen LogP contribution in [0.1, 0.15) is 23.2 Å². The number of aliphatic hydroxyl groups is 1. The summed E-state index contributed by atoms with van der Waals surface area (Å²) in [4.78, 5) is 34.6. The highest BCUT2D eigenvalue weighted by atomic mass is 32.2. The van der Waals surface area contributed by atoms with Crippen molar-refractivity contribution in [2.45, 2.75) is 23.5 Å². The molecule has 7 nitrogen and oxygen atoms in total. The molecule has 2 saturated heterocycles. The smallest absolute Gasteiger partial charge is 0.319 e. The van der Waals surface area contributed by atoms with Gasteiger partial charge in [-0.05, 0) is 31.2 Å². The van der Waals surface area contributed by atoms with Crippen molar-refractivity contribution in [3.8, 4) is 0 Å². The lowest BCUT2D eigenvalue weighted by Gasteiger charge is -2.50. The number of aromatic nitrogens is 1. The molecule has 0 aromatic carbocycles. The van der Waals surface area contributed by atoms with E-state index < -0.39 is 5.60 Å². The first-order chi connectivity index (χ1) is 12.4. The molecule has 2 unspecified atom stereocenters. The third-order valence-electron chi connectivity index (χ3n) is 5.41. The average Bonchev–Trinajstić information content (AvgIpc) is 2.65. The molecule has 8 heteroatoms. The van der Waals surface area contributed by atoms with Gasteiger partial charge in [0.15, 0.2) is 0 Å². The first-order valence-corrected chi connectivity index (χ1v) is 10.0. The van der Waals surface area contributed by atoms with E-state index in [0.717, 1.165) is 0 Å². The lowest BCUT2D eigenvalue weighted by molar-refractivity contribution is -0.101. The Morgan fingerprint density at radius 3 is 2.58 bits per heavy atom. The van der Waals surface area contributed by atoms with Gasteiger partial charge in [-0.1, -0.05) is 0 Å². The van der Waals surface area contributed by atoms with Crippen molar-refractivity contribution in [1.29, 1.82) is 0 Å². The van der Waals surface area contributed by atoms with Gasteiger partial charge in [0.05, 0.1) is 11.2 Å². The van der Waals surface area contributed by atoms with Gasteiger partial charge >= 0.3 is 6.03 Å². The molecule has 0 spiro atoms. The minimum absolute atomic E-state index is 0.0487. The van der Waals surface area contributed by atoms with Gasteiger partial charge in [0.25, 0.3) is 5.91 Å². The van der Waals surface area contributed by atoms with E-state index in [2.05, 4.69) is 4.98 Å². The van der Waals surface area contributed by atoms with Crippen LogP contribution in [0.2, 0.25) is 0 Å². The van der Waals surface area contributed by atoms with Crippen molar-refractivity contribution >= 4 is 23.7 Å². The van der Waals surface area contributed by atoms with Crippen molar-refractivity contribution in [2.24, 2.45) is 5.92 Å². The number of amides is 3. The van der Waals surface area contributed by atoms with Gasteiger partial charge in [0.1, 0.15) is 5.03 Å². The van der Waals surface area contributed by atoms with Crippen LogP contribution in [0.15, 0.2) is 23.4 Å². The summed E-state index contributed by atoms with van der Waals surface area (Å²) >= 11 is 1.45. The molecule has 3 heterocycles. The van der Waals surface area contributed by atoms with Crippen molar-refractivity contribution in [1.82, 2.24) is 19.7 Å². The summed E-state index contributed by atoms with van der Waals surface area (Å²) in [5, 5.41) is 11.7. The maximum atomic E-state index is 13.0. The van der Waals surface area contributed by atoms with E-state index in [1.54, 1.807) is 47.1 Å². The molecule has 1 N–H and O–H groups in total. The van der Waals surface area contributed by atoms with E-state index in [4.69, 9.17) is 0 Å². The number of carbonyl (C=O) groups is 2. The molecule has 2 fully saturated rings. The first kappa shape index (κ1) is 19.0. The third kappa shape index (κ3) is 3.53. The van der Waals surface area contributed by atoms with Crippen LogP contribution in [0.4, 0.5) is 4.79 Å². The summed E-state index contributed by atoms with van der Waals surface area (Å²) < 4.78 is 0. The van der Waals surface area contributed by atoms with Gasteiger partial charge in [0.2, 0.25) is 0 Å². The highest BCUT2D eigenvalue weighted by Crippen LogP contribution is 2.36. The number of hydrogen-bond acceptors (Lipinski definition) is 5. The van der Waals surface area contributed by atoms with E-state index in [9.17, 15) is 14.7 Å². The topological polar surface area (TPSA) is 77.0 Å². The Bertz CT molecular complexity index is 699. The second-order valence-electron chi connectivity index (χ2n) is 7.23. The molecule has 2 atom stereocenters. The number of hydrogen-bond donors (Lipinski definition) is 1. The number of piperidine rings is 2. The van der Waals surface area contributed by atoms with E-state index in [0.29, 0.717) is 49.6 Å². The number of urea groups is 1. The largest absolute Gasteiger partial charge is 0.389 e. The van der Waals surface area contributed by atoms with E-state index in [1.165, 1.54) is 11.8 Å². The summed E-state index contributed by atoms with van der Waals surface area (Å²) in [6, 6.07) is 3.52. The Hall–Kier alpha value is -1.80. The van der Waals surface area contributed by atoms with Gasteiger partial charge < -0.3 is 19.8 Å². The molecule has 0 saturated carbocycles. The highest BCUT2D eigenvalue weighted by molar-refractivity contribution is 7.98. The van der Waals surface area contributed by atoms with Gasteiger partial charge in [-0.2, -0.15) is 0 Å². The van der Waals surface area contributed by atoms with Crippen LogP contribution in [0.25, 0.3) is 0 Å². The number of fused-ring (bicyclic) bond motifs is 1. The van der Waals surface area contributed by atoms with Crippen LogP contribution in [0, 0.1) is 5.92 Å². The molecule has 3 rings (SSSR count). The predicted molar refractivity (Wildman–Crippen MR) is 100 cm³/mol. The van der Waals surface area contributed by atoms with Crippen molar-refractivity contribution in [3.05, 3.63) is 23.9 Å². The molecule has 2 aliphatic heterocycles. The molecule has 2 aliphatic rings. The van der Waals surface area contributed by atoms with Crippen molar-refractivity contribution in [2.75, 3.05) is 46.5 Å². The lowest BCUT2D eigenvalue weighted by atomic mass is 9.75. The Labute approximate surface area is 158 Å². The normalized spacial score (nSPS) is 25.6. The monoisotopic (exact) mass is 378 g/mol. The zero-order chi connectivity index (χ0) is 18.9. The van der Waals surface area contributed by atoms with Gasteiger partial charge in [-0.3, -0.25) is 4.79 Å². The number of carbonyl (C=O) groups excluding carboxylic acids is 2. The fraction of sp³-hybridized carbons (Fsp3) is 0.611. The Kier molecular flexibility index (Phi) is 5.43. The third-order valence-corrected chi connectivity index (χ3v) is 6.12. The van der Waals surface area contributed by atoms with Crippen LogP contribution in [-0.4, -0.2) is 88.9 Å². The minimum Gasteiger partial charge on any atom is -0.389 e. The molecule has 0 aliphatic carbocycles. The summed E-state index contributed by atoms with van der Waals surface area (Å²) in [7, 11) is 3.46. The van der Waals surface area contributed by atoms with Crippen molar-refractivity contribution < 1.29 is 14.7 Å². The first-order valence-electron chi connectivity index (χ1n) is 8.82. The number of likely N-dealkylation sites (tertiary alicyclic amines) is 2. The molecule has 26 heavy (non-hydrogen) atoms. The maximum absolute atomic E-state index is 13.0. The average molecular weight is 378 g/mol. The molecule has 0 bridgehead atoms. The second-order valence-corrected chi connectivity index (χ2v) is 8.03. The second kappa shape index (κ2) is 7.44. The Balaban J connectivity index is 1.75. The minimum atomic E-state index is -0.794. The molecule has 1 aromatic rings. The zero-order valence-electron chi connectivity index (χ0n) is 15.5. The van der Waals surface area contributed by atoms with Crippen LogP contribution in [-0.2, 0) is 0 Å². The van der Waals surface area contributed by atoms with Gasteiger partial charge in [-0.25, -0.2) is 9.78 Å². The fourth-order valence-electron chi connectivity index (χ4n) is 3.83. The predicted octanol–water partition coefficient (Wildman–Crippen LogP) is 1.38. The number of nitrogens with zero attached hydrogens (tertiary/aromatic N) is 4. The van der Waals surface area contributed by atoms with Gasteiger partial charge in [-0.15, -0.1) is 11.8 Å². The standard InChI is InChI=1S/C18H26N4O3S/c1-20(2)17(24)22-10-7-18(25)6-9-21(11-13(18)12-22)16(23)14-5-4-8-19-15(14)26-3/h4-5,8,13,25H,6-7,9-12H2,1-3H3. The van der Waals surface area contributed by atoms with Crippen LogP contribution in [0.3, 0.4) is 0 Å². The molecule has 142 valence electrons. The number of thioether (sulfide) groups is 1.